The maximum absolute atomic E-state index is 11.9. The minimum atomic E-state index is -0.0553. The normalized spacial score (nSPS) is 10.4. The highest BCUT2D eigenvalue weighted by molar-refractivity contribution is 7.97. The summed E-state index contributed by atoms with van der Waals surface area (Å²) < 4.78 is 0.741. The SMILES string of the molecule is CSCc1ccc(C(=O)NCc2ccc(Cl)s2)cc1. The Morgan fingerprint density at radius 1 is 1.26 bits per heavy atom. The molecule has 19 heavy (non-hydrogen) atoms. The van der Waals surface area contributed by atoms with Gasteiger partial charge in [0, 0.05) is 16.2 Å². The van der Waals surface area contributed by atoms with Gasteiger partial charge in [-0.05, 0) is 36.1 Å². The summed E-state index contributed by atoms with van der Waals surface area (Å²) in [7, 11) is 0. The minimum Gasteiger partial charge on any atom is -0.347 e. The Hall–Kier alpha value is -0.970. The van der Waals surface area contributed by atoms with Crippen molar-refractivity contribution in [2.24, 2.45) is 0 Å². The predicted molar refractivity (Wildman–Crippen MR) is 84.2 cm³/mol. The molecule has 1 aromatic heterocycles. The minimum absolute atomic E-state index is 0.0553. The molecule has 2 aromatic rings. The number of benzene rings is 1. The molecule has 0 spiro atoms. The van der Waals surface area contributed by atoms with Crippen LogP contribution < -0.4 is 5.32 Å². The van der Waals surface area contributed by atoms with Crippen LogP contribution in [0.1, 0.15) is 20.8 Å². The molecule has 1 aromatic carbocycles. The molecule has 0 saturated heterocycles. The quantitative estimate of drug-likeness (QED) is 0.897. The third-order valence-corrected chi connectivity index (χ3v) is 4.43. The molecule has 0 aliphatic heterocycles. The van der Waals surface area contributed by atoms with E-state index in [1.165, 1.54) is 16.9 Å². The van der Waals surface area contributed by atoms with Gasteiger partial charge in [0.05, 0.1) is 10.9 Å². The summed E-state index contributed by atoms with van der Waals surface area (Å²) in [6, 6.07) is 11.5. The molecular weight excluding hydrogens is 298 g/mol. The summed E-state index contributed by atoms with van der Waals surface area (Å²) in [5.74, 6) is 0.913. The Labute approximate surface area is 126 Å². The predicted octanol–water partition coefficient (Wildman–Crippen LogP) is 4.19. The van der Waals surface area contributed by atoms with Gasteiger partial charge in [0.1, 0.15) is 0 Å². The van der Waals surface area contributed by atoms with Crippen LogP contribution in [0.4, 0.5) is 0 Å². The molecule has 2 rings (SSSR count). The first kappa shape index (κ1) is 14.4. The fraction of sp³-hybridized carbons (Fsp3) is 0.214. The molecule has 0 unspecified atom stereocenters. The second-order valence-corrected chi connectivity index (χ2v) is 6.68. The van der Waals surface area contributed by atoms with Crippen LogP contribution in [0.5, 0.6) is 0 Å². The Balaban J connectivity index is 1.92. The van der Waals surface area contributed by atoms with Crippen molar-refractivity contribution in [2.45, 2.75) is 12.3 Å². The van der Waals surface area contributed by atoms with E-state index in [0.29, 0.717) is 12.1 Å². The van der Waals surface area contributed by atoms with E-state index in [2.05, 4.69) is 11.6 Å². The molecule has 1 amide bonds. The van der Waals surface area contributed by atoms with Crippen molar-refractivity contribution in [3.63, 3.8) is 0 Å². The van der Waals surface area contributed by atoms with Crippen molar-refractivity contribution in [3.05, 3.63) is 56.7 Å². The number of thiophene rings is 1. The van der Waals surface area contributed by atoms with Crippen LogP contribution in [0.3, 0.4) is 0 Å². The number of halogens is 1. The smallest absolute Gasteiger partial charge is 0.251 e. The van der Waals surface area contributed by atoms with Gasteiger partial charge in [-0.15, -0.1) is 11.3 Å². The molecule has 2 nitrogen and oxygen atoms in total. The molecule has 0 bridgehead atoms. The lowest BCUT2D eigenvalue weighted by Crippen LogP contribution is -2.22. The second kappa shape index (κ2) is 6.98. The van der Waals surface area contributed by atoms with Gasteiger partial charge in [0.15, 0.2) is 0 Å². The molecule has 100 valence electrons. The van der Waals surface area contributed by atoms with Crippen molar-refractivity contribution in [1.29, 1.82) is 0 Å². The monoisotopic (exact) mass is 311 g/mol. The van der Waals surface area contributed by atoms with Crippen LogP contribution in [-0.2, 0) is 12.3 Å². The first-order valence-electron chi connectivity index (χ1n) is 5.79. The van der Waals surface area contributed by atoms with E-state index >= 15 is 0 Å². The van der Waals surface area contributed by atoms with Crippen molar-refractivity contribution >= 4 is 40.6 Å². The standard InChI is InChI=1S/C14H14ClNOS2/c1-18-9-10-2-4-11(5-3-10)14(17)16-8-12-6-7-13(15)19-12/h2-7H,8-9H2,1H3,(H,16,17). The Morgan fingerprint density at radius 2 is 2.00 bits per heavy atom. The topological polar surface area (TPSA) is 29.1 Å². The molecule has 0 aliphatic carbocycles. The van der Waals surface area contributed by atoms with E-state index in [-0.39, 0.29) is 5.91 Å². The number of carbonyl (C=O) groups is 1. The molecular formula is C14H14ClNOS2. The van der Waals surface area contributed by atoms with Crippen LogP contribution in [0.2, 0.25) is 4.34 Å². The number of nitrogens with one attached hydrogen (secondary N) is 1. The number of hydrogen-bond acceptors (Lipinski definition) is 3. The zero-order valence-electron chi connectivity index (χ0n) is 10.5. The van der Waals surface area contributed by atoms with Crippen molar-refractivity contribution in [1.82, 2.24) is 5.32 Å². The van der Waals surface area contributed by atoms with Crippen LogP contribution in [-0.4, -0.2) is 12.2 Å². The van der Waals surface area contributed by atoms with E-state index in [9.17, 15) is 4.79 Å². The van der Waals surface area contributed by atoms with E-state index in [1.807, 2.05) is 36.4 Å². The highest BCUT2D eigenvalue weighted by atomic mass is 35.5. The average molecular weight is 312 g/mol. The van der Waals surface area contributed by atoms with E-state index in [0.717, 1.165) is 15.0 Å². The number of carbonyl (C=O) groups excluding carboxylic acids is 1. The van der Waals surface area contributed by atoms with Crippen molar-refractivity contribution in [2.75, 3.05) is 6.26 Å². The zero-order valence-corrected chi connectivity index (χ0v) is 12.9. The molecule has 0 radical (unpaired) electrons. The molecule has 0 saturated carbocycles. The maximum Gasteiger partial charge on any atom is 0.251 e. The first-order chi connectivity index (χ1) is 9.19. The van der Waals surface area contributed by atoms with E-state index in [1.54, 1.807) is 11.8 Å². The van der Waals surface area contributed by atoms with Gasteiger partial charge in [-0.1, -0.05) is 23.7 Å². The number of rotatable bonds is 5. The molecule has 0 aliphatic rings. The number of thioether (sulfide) groups is 1. The van der Waals surface area contributed by atoms with Gasteiger partial charge in [0.2, 0.25) is 0 Å². The molecule has 1 N–H and O–H groups in total. The second-order valence-electron chi connectivity index (χ2n) is 4.02. The van der Waals surface area contributed by atoms with Crippen LogP contribution in [0.25, 0.3) is 0 Å². The van der Waals surface area contributed by atoms with Crippen LogP contribution in [0.15, 0.2) is 36.4 Å². The summed E-state index contributed by atoms with van der Waals surface area (Å²) >= 11 is 9.09. The Kier molecular flexibility index (Phi) is 5.31. The van der Waals surface area contributed by atoms with Crippen molar-refractivity contribution in [3.8, 4) is 0 Å². The summed E-state index contributed by atoms with van der Waals surface area (Å²) in [4.78, 5) is 13.0. The third kappa shape index (κ3) is 4.27. The Bertz CT molecular complexity index is 551. The third-order valence-electron chi connectivity index (χ3n) is 2.58. The van der Waals surface area contributed by atoms with Gasteiger partial charge in [-0.25, -0.2) is 0 Å². The summed E-state index contributed by atoms with van der Waals surface area (Å²) in [5.41, 5.74) is 1.92. The summed E-state index contributed by atoms with van der Waals surface area (Å²) in [6.45, 7) is 0.517. The van der Waals surface area contributed by atoms with Gasteiger partial charge in [0.25, 0.3) is 5.91 Å². The highest BCUT2D eigenvalue weighted by Crippen LogP contribution is 2.21. The fourth-order valence-electron chi connectivity index (χ4n) is 1.64. The molecule has 0 fully saturated rings. The van der Waals surface area contributed by atoms with Crippen LogP contribution in [0, 0.1) is 0 Å². The average Bonchev–Trinajstić information content (AvgIpc) is 2.83. The van der Waals surface area contributed by atoms with Gasteiger partial charge in [-0.3, -0.25) is 4.79 Å². The lowest BCUT2D eigenvalue weighted by molar-refractivity contribution is 0.0951. The number of amides is 1. The molecule has 1 heterocycles. The molecule has 0 atom stereocenters. The van der Waals surface area contributed by atoms with Gasteiger partial charge >= 0.3 is 0 Å². The highest BCUT2D eigenvalue weighted by Gasteiger charge is 2.06. The Morgan fingerprint density at radius 3 is 2.58 bits per heavy atom. The fourth-order valence-corrected chi connectivity index (χ4v) is 3.19. The first-order valence-corrected chi connectivity index (χ1v) is 8.38. The lowest BCUT2D eigenvalue weighted by Gasteiger charge is -2.05. The zero-order chi connectivity index (χ0) is 13.7. The van der Waals surface area contributed by atoms with Gasteiger partial charge in [-0.2, -0.15) is 11.8 Å². The summed E-state index contributed by atoms with van der Waals surface area (Å²) in [5, 5.41) is 2.89. The number of hydrogen-bond donors (Lipinski definition) is 1. The molecule has 5 heteroatoms. The maximum atomic E-state index is 11.9. The summed E-state index contributed by atoms with van der Waals surface area (Å²) in [6.07, 6.45) is 2.06. The van der Waals surface area contributed by atoms with Crippen molar-refractivity contribution < 1.29 is 4.79 Å². The van der Waals surface area contributed by atoms with E-state index < -0.39 is 0 Å². The van der Waals surface area contributed by atoms with Crippen LogP contribution >= 0.6 is 34.7 Å². The lowest BCUT2D eigenvalue weighted by atomic mass is 10.1. The van der Waals surface area contributed by atoms with Gasteiger partial charge < -0.3 is 5.32 Å². The van der Waals surface area contributed by atoms with E-state index in [4.69, 9.17) is 11.6 Å². The largest absolute Gasteiger partial charge is 0.347 e.